The van der Waals surface area contributed by atoms with Crippen molar-refractivity contribution in [2.24, 2.45) is 0 Å². The van der Waals surface area contributed by atoms with E-state index in [1.807, 2.05) is 0 Å². The molecule has 0 saturated carbocycles. The van der Waals surface area contributed by atoms with Gasteiger partial charge in [-0.25, -0.2) is 9.97 Å². The zero-order valence-electron chi connectivity index (χ0n) is 34.2. The molecule has 0 amide bonds. The number of hydrogen-bond acceptors (Lipinski definition) is 2. The summed E-state index contributed by atoms with van der Waals surface area (Å²) in [6.07, 6.45) is 0. The minimum Gasteiger partial charge on any atom is -0.307 e. The second kappa shape index (κ2) is 14.0. The van der Waals surface area contributed by atoms with E-state index in [9.17, 15) is 0 Å². The Kier molecular flexibility index (Phi) is 7.89. The fraction of sp³-hybridized carbons (Fsp3) is 0. The summed E-state index contributed by atoms with van der Waals surface area (Å²) >= 11 is 0. The van der Waals surface area contributed by atoms with Crippen molar-refractivity contribution in [2.45, 2.75) is 0 Å². The number of rotatable bonds is 6. The molecule has 0 aliphatic carbocycles. The number of aromatic nitrogens is 4. The van der Waals surface area contributed by atoms with Crippen molar-refractivity contribution in [3.05, 3.63) is 231 Å². The average molecular weight is 819 g/mol. The van der Waals surface area contributed by atoms with Gasteiger partial charge in [-0.15, -0.1) is 0 Å². The van der Waals surface area contributed by atoms with Crippen molar-refractivity contribution in [3.8, 4) is 45.1 Å². The fourth-order valence-electron chi connectivity index (χ4n) is 10.6. The first-order valence-corrected chi connectivity index (χ1v) is 23.6. The molecule has 4 heterocycles. The lowest BCUT2D eigenvalue weighted by Gasteiger charge is -2.30. The largest absolute Gasteiger partial charge is 0.307 e. The quantitative estimate of drug-likeness (QED) is 0.157. The summed E-state index contributed by atoms with van der Waals surface area (Å²) in [6.45, 7) is 0. The highest BCUT2D eigenvalue weighted by atomic mass is 28.3. The lowest BCUT2D eigenvalue weighted by molar-refractivity contribution is 1.13. The van der Waals surface area contributed by atoms with Crippen LogP contribution in [0.25, 0.3) is 88.8 Å². The summed E-state index contributed by atoms with van der Waals surface area (Å²) in [5.74, 6) is 0.710. The van der Waals surface area contributed by atoms with Gasteiger partial charge in [-0.3, -0.25) is 0 Å². The number of nitrogens with zero attached hydrogens (tertiary/aromatic N) is 4. The van der Waals surface area contributed by atoms with Crippen molar-refractivity contribution in [1.29, 1.82) is 0 Å². The third-order valence-electron chi connectivity index (χ3n) is 13.2. The maximum Gasteiger partial charge on any atom is 0.203 e. The van der Waals surface area contributed by atoms with E-state index in [1.165, 1.54) is 53.7 Å². The molecule has 0 atom stereocenters. The molecule has 0 bridgehead atoms. The molecular weight excluding hydrogens is 781 g/mol. The first-order chi connectivity index (χ1) is 31.3. The van der Waals surface area contributed by atoms with Gasteiger partial charge in [0.2, 0.25) is 8.07 Å². The van der Waals surface area contributed by atoms with Crippen LogP contribution in [-0.4, -0.2) is 27.2 Å². The topological polar surface area (TPSA) is 35.6 Å². The molecular formula is C58H38N4Si. The summed E-state index contributed by atoms with van der Waals surface area (Å²) < 4.78 is 4.93. The third-order valence-corrected chi connectivity index (χ3v) is 17.9. The van der Waals surface area contributed by atoms with Crippen LogP contribution < -0.4 is 20.9 Å². The molecule has 63 heavy (non-hydrogen) atoms. The highest BCUT2D eigenvalue weighted by Gasteiger charge is 2.51. The molecule has 0 unspecified atom stereocenters. The molecule has 0 spiro atoms. The second-order valence-electron chi connectivity index (χ2n) is 16.4. The number of hydrogen-bond donors (Lipinski definition) is 0. The van der Waals surface area contributed by atoms with Gasteiger partial charge in [0.05, 0.1) is 38.8 Å². The summed E-state index contributed by atoms with van der Waals surface area (Å²) in [7, 11) is -2.99. The van der Waals surface area contributed by atoms with Crippen LogP contribution in [-0.2, 0) is 0 Å². The highest BCUT2D eigenvalue weighted by molar-refractivity contribution is 7.21. The third kappa shape index (κ3) is 5.08. The molecule has 4 nitrogen and oxygen atoms in total. The smallest absolute Gasteiger partial charge is 0.203 e. The molecule has 0 radical (unpaired) electrons. The molecule has 13 rings (SSSR count). The fourth-order valence-corrected chi connectivity index (χ4v) is 15.7. The molecule has 5 heteroatoms. The lowest BCUT2D eigenvalue weighted by atomic mass is 10.0. The Bertz CT molecular complexity index is 3690. The molecule has 1 aliphatic heterocycles. The van der Waals surface area contributed by atoms with Crippen LogP contribution in [0.1, 0.15) is 0 Å². The Morgan fingerprint density at radius 2 is 0.857 bits per heavy atom. The van der Waals surface area contributed by atoms with E-state index < -0.39 is 8.07 Å². The van der Waals surface area contributed by atoms with Gasteiger partial charge in [-0.1, -0.05) is 194 Å². The Hall–Kier alpha value is -8.12. The summed E-state index contributed by atoms with van der Waals surface area (Å²) in [5, 5.41) is 9.90. The zero-order valence-corrected chi connectivity index (χ0v) is 35.2. The van der Waals surface area contributed by atoms with Crippen LogP contribution >= 0.6 is 0 Å². The first kappa shape index (κ1) is 35.6. The normalized spacial score (nSPS) is 12.9. The highest BCUT2D eigenvalue weighted by Crippen LogP contribution is 2.44. The molecule has 0 saturated heterocycles. The standard InChI is InChI=1S/C58H38N4Si/c1-5-21-39(22-6-1)54-53-48-32-16-20-36-52(48)63(41-25-9-3-10-26-41,42-27-11-4-12-28-42)58(53)60-57(59-54)47-31-15-19-35-51(47)62-50-34-18-14-30-44(50)46-38-37-45-43-29-13-17-33-49(43)61(55(45)56(46)62)40-23-7-2-8-24-40/h1-38H. The van der Waals surface area contributed by atoms with Crippen molar-refractivity contribution in [2.75, 3.05) is 0 Å². The van der Waals surface area contributed by atoms with Gasteiger partial charge in [-0.05, 0) is 57.5 Å². The SMILES string of the molecule is c1ccc(-c2nc(-c3ccccc3-n3c4ccccc4c4ccc5c6ccccc6n(-c6ccccc6)c5c43)nc3c2-c2ccccc2[Si]3(c2ccccc2)c2ccccc2)cc1. The van der Waals surface area contributed by atoms with Crippen molar-refractivity contribution < 1.29 is 0 Å². The Morgan fingerprint density at radius 3 is 1.51 bits per heavy atom. The Balaban J connectivity index is 1.18. The predicted octanol–water partition coefficient (Wildman–Crippen LogP) is 11.4. The number of para-hydroxylation sites is 4. The van der Waals surface area contributed by atoms with Crippen LogP contribution in [0.3, 0.4) is 0 Å². The molecule has 0 N–H and O–H groups in total. The van der Waals surface area contributed by atoms with Crippen molar-refractivity contribution in [1.82, 2.24) is 19.1 Å². The van der Waals surface area contributed by atoms with E-state index in [4.69, 9.17) is 9.97 Å². The molecule has 3 aromatic heterocycles. The van der Waals surface area contributed by atoms with Gasteiger partial charge < -0.3 is 9.13 Å². The van der Waals surface area contributed by atoms with Gasteiger partial charge in [0, 0.05) is 43.9 Å². The van der Waals surface area contributed by atoms with Gasteiger partial charge in [0.1, 0.15) is 0 Å². The van der Waals surface area contributed by atoms with Crippen LogP contribution in [0.15, 0.2) is 231 Å². The maximum absolute atomic E-state index is 5.96. The van der Waals surface area contributed by atoms with Gasteiger partial charge >= 0.3 is 0 Å². The van der Waals surface area contributed by atoms with E-state index in [-0.39, 0.29) is 0 Å². The van der Waals surface area contributed by atoms with Crippen LogP contribution in [0.2, 0.25) is 0 Å². The summed E-state index contributed by atoms with van der Waals surface area (Å²) in [6, 6.07) is 83.7. The number of fused-ring (bicyclic) bond motifs is 10. The van der Waals surface area contributed by atoms with Crippen molar-refractivity contribution in [3.63, 3.8) is 0 Å². The average Bonchev–Trinajstić information content (AvgIpc) is 3.99. The van der Waals surface area contributed by atoms with Crippen LogP contribution in [0, 0.1) is 0 Å². The molecule has 12 aromatic rings. The van der Waals surface area contributed by atoms with E-state index in [2.05, 4.69) is 240 Å². The maximum atomic E-state index is 5.96. The zero-order chi connectivity index (χ0) is 41.5. The monoisotopic (exact) mass is 818 g/mol. The van der Waals surface area contributed by atoms with Crippen molar-refractivity contribution >= 4 is 72.6 Å². The molecule has 294 valence electrons. The number of benzene rings is 9. The van der Waals surface area contributed by atoms with Gasteiger partial charge in [-0.2, -0.15) is 0 Å². The molecule has 1 aliphatic rings. The van der Waals surface area contributed by atoms with E-state index in [0.29, 0.717) is 5.82 Å². The Labute approximate surface area is 365 Å². The summed E-state index contributed by atoms with van der Waals surface area (Å²) in [4.78, 5) is 11.7. The van der Waals surface area contributed by atoms with Crippen LogP contribution in [0.4, 0.5) is 0 Å². The van der Waals surface area contributed by atoms with E-state index in [1.54, 1.807) is 0 Å². The van der Waals surface area contributed by atoms with Crippen LogP contribution in [0.5, 0.6) is 0 Å². The lowest BCUT2D eigenvalue weighted by Crippen LogP contribution is -2.73. The van der Waals surface area contributed by atoms with E-state index in [0.717, 1.165) is 50.1 Å². The predicted molar refractivity (Wildman–Crippen MR) is 264 cm³/mol. The second-order valence-corrected chi connectivity index (χ2v) is 20.1. The minimum absolute atomic E-state index is 0.710. The first-order valence-electron chi connectivity index (χ1n) is 21.6. The minimum atomic E-state index is -2.99. The Morgan fingerprint density at radius 1 is 0.365 bits per heavy atom. The van der Waals surface area contributed by atoms with Gasteiger partial charge in [0.15, 0.2) is 5.82 Å². The van der Waals surface area contributed by atoms with Gasteiger partial charge in [0.25, 0.3) is 0 Å². The molecule has 0 fully saturated rings. The molecule has 9 aromatic carbocycles. The summed E-state index contributed by atoms with van der Waals surface area (Å²) in [5.41, 5.74) is 12.1. The van der Waals surface area contributed by atoms with E-state index >= 15 is 0 Å².